The Morgan fingerprint density at radius 3 is 1.82 bits per heavy atom. The van der Waals surface area contributed by atoms with Crippen LogP contribution in [0, 0.1) is 0 Å². The maximum Gasteiger partial charge on any atom is 0.308 e. The Hall–Kier alpha value is -4.57. The number of Topliss-reactive ketones (excluding diaryl/α,β-unsaturated/α-hetero) is 1. The highest BCUT2D eigenvalue weighted by Gasteiger charge is 2.58. The van der Waals surface area contributed by atoms with Crippen LogP contribution in [0.4, 0.5) is 0 Å². The minimum Gasteiger partial charge on any atom is -0.449 e. The van der Waals surface area contributed by atoms with Crippen molar-refractivity contribution in [3.8, 4) is 39.5 Å². The van der Waals surface area contributed by atoms with Crippen LogP contribution in [-0.2, 0) is 33.4 Å². The number of esters is 4. The Morgan fingerprint density at radius 2 is 1.24 bits per heavy atom. The number of hydrogen-bond donors (Lipinski definition) is 0. The number of rotatable bonds is 4. The average Bonchev–Trinajstić information content (AvgIpc) is 3.56. The molecule has 1 heterocycles. The van der Waals surface area contributed by atoms with E-state index in [1.54, 1.807) is 30.3 Å². The maximum atomic E-state index is 13.1. The molecule has 3 aromatic carbocycles. The van der Waals surface area contributed by atoms with Crippen molar-refractivity contribution in [2.24, 2.45) is 0 Å². The van der Waals surface area contributed by atoms with Crippen LogP contribution in [0.3, 0.4) is 0 Å². The number of fused-ring (bicyclic) bond motifs is 7. The molecule has 0 radical (unpaired) electrons. The van der Waals surface area contributed by atoms with Gasteiger partial charge in [0.15, 0.2) is 12.2 Å². The van der Waals surface area contributed by atoms with Crippen molar-refractivity contribution in [2.75, 3.05) is 0 Å². The molecule has 2 aliphatic carbocycles. The quantitative estimate of drug-likeness (QED) is 0.223. The number of hydrogen-bond acceptors (Lipinski definition) is 10. The first-order valence-corrected chi connectivity index (χ1v) is 11.8. The number of ether oxygens (including phenoxy) is 5. The molecule has 6 rings (SSSR count). The van der Waals surface area contributed by atoms with Gasteiger partial charge in [0.1, 0.15) is 23.4 Å². The highest BCUT2D eigenvalue weighted by Crippen LogP contribution is 2.62. The lowest BCUT2D eigenvalue weighted by atomic mass is 9.82. The third kappa shape index (κ3) is 3.48. The van der Waals surface area contributed by atoms with Crippen LogP contribution in [0.1, 0.15) is 51.0 Å². The van der Waals surface area contributed by atoms with Crippen molar-refractivity contribution in [1.29, 1.82) is 0 Å². The molecule has 3 aromatic rings. The summed E-state index contributed by atoms with van der Waals surface area (Å²) < 4.78 is 27.6. The fraction of sp³-hybridized carbons (Fsp3) is 0.250. The van der Waals surface area contributed by atoms with E-state index in [4.69, 9.17) is 23.7 Å². The zero-order valence-electron chi connectivity index (χ0n) is 20.7. The second-order valence-corrected chi connectivity index (χ2v) is 9.25. The van der Waals surface area contributed by atoms with Crippen molar-refractivity contribution in [1.82, 2.24) is 0 Å². The average molecular weight is 516 g/mol. The van der Waals surface area contributed by atoms with Crippen molar-refractivity contribution < 1.29 is 47.7 Å². The van der Waals surface area contributed by atoms with E-state index in [1.165, 1.54) is 27.7 Å². The first-order valence-electron chi connectivity index (χ1n) is 11.8. The van der Waals surface area contributed by atoms with Gasteiger partial charge in [-0.1, -0.05) is 0 Å². The highest BCUT2D eigenvalue weighted by atomic mass is 16.6. The molecule has 0 saturated carbocycles. The van der Waals surface area contributed by atoms with Crippen LogP contribution < -0.4 is 14.2 Å². The largest absolute Gasteiger partial charge is 0.449 e. The number of epoxide rings is 1. The van der Waals surface area contributed by atoms with Crippen molar-refractivity contribution in [3.05, 3.63) is 41.5 Å². The van der Waals surface area contributed by atoms with Crippen LogP contribution in [0.5, 0.6) is 17.2 Å². The number of carbonyl (C=O) groups is 5. The summed E-state index contributed by atoms with van der Waals surface area (Å²) in [5, 5.41) is 1.04. The summed E-state index contributed by atoms with van der Waals surface area (Å²) in [5.74, 6) is -2.37. The van der Waals surface area contributed by atoms with Crippen LogP contribution in [0.15, 0.2) is 30.3 Å². The van der Waals surface area contributed by atoms with Gasteiger partial charge in [-0.15, -0.1) is 0 Å². The summed E-state index contributed by atoms with van der Waals surface area (Å²) in [6.07, 6.45) is -2.75. The van der Waals surface area contributed by atoms with Crippen LogP contribution in [0.2, 0.25) is 0 Å². The topological polar surface area (TPSA) is 135 Å². The minimum absolute atomic E-state index is 0.0741. The minimum atomic E-state index is -1.32. The van der Waals surface area contributed by atoms with E-state index >= 15 is 0 Å². The third-order valence-electron chi connectivity index (χ3n) is 6.64. The molecule has 0 amide bonds. The molecule has 10 nitrogen and oxygen atoms in total. The number of carbonyl (C=O) groups excluding carboxylic acids is 5. The lowest BCUT2D eigenvalue weighted by molar-refractivity contribution is -0.154. The SMILES string of the molecule is CC(=O)Oc1cc2c(c3c1[C@H](OC(C)=O)C(=O)[C@@H]1O[C@H]31)-c1ccc(OC(C)=O)c3c(OC(C)=O)ccc-2c13. The Bertz CT molecular complexity index is 1630. The Morgan fingerprint density at radius 1 is 0.658 bits per heavy atom. The van der Waals surface area contributed by atoms with E-state index < -0.39 is 48.0 Å². The Kier molecular flexibility index (Phi) is 5.15. The van der Waals surface area contributed by atoms with Gasteiger partial charge in [0.2, 0.25) is 5.78 Å². The van der Waals surface area contributed by atoms with Crippen LogP contribution in [0.25, 0.3) is 33.0 Å². The molecule has 1 saturated heterocycles. The van der Waals surface area contributed by atoms with Gasteiger partial charge in [-0.05, 0) is 52.6 Å². The van der Waals surface area contributed by atoms with Crippen molar-refractivity contribution in [2.45, 2.75) is 46.0 Å². The summed E-state index contributed by atoms with van der Waals surface area (Å²) in [5.41, 5.74) is 3.58. The normalized spacial score (nSPS) is 19.7. The molecule has 0 unspecified atom stereocenters. The number of ketones is 1. The van der Waals surface area contributed by atoms with E-state index in [1.807, 2.05) is 0 Å². The Balaban J connectivity index is 1.69. The van der Waals surface area contributed by atoms with Crippen LogP contribution >= 0.6 is 0 Å². The molecular weight excluding hydrogens is 496 g/mol. The zero-order chi connectivity index (χ0) is 27.0. The summed E-state index contributed by atoms with van der Waals surface area (Å²) in [6.45, 7) is 4.95. The van der Waals surface area contributed by atoms with Gasteiger partial charge >= 0.3 is 23.9 Å². The second-order valence-electron chi connectivity index (χ2n) is 9.25. The van der Waals surface area contributed by atoms with E-state index in [0.29, 0.717) is 38.6 Å². The van der Waals surface area contributed by atoms with Gasteiger partial charge in [0.05, 0.1) is 5.39 Å². The van der Waals surface area contributed by atoms with Gasteiger partial charge < -0.3 is 23.7 Å². The van der Waals surface area contributed by atoms with Gasteiger partial charge in [-0.3, -0.25) is 24.0 Å². The van der Waals surface area contributed by atoms with Crippen LogP contribution in [-0.4, -0.2) is 35.8 Å². The van der Waals surface area contributed by atoms with Gasteiger partial charge in [0, 0.05) is 44.2 Å². The molecule has 0 N–H and O–H groups in total. The molecule has 1 aliphatic heterocycles. The van der Waals surface area contributed by atoms with E-state index in [9.17, 15) is 24.0 Å². The third-order valence-corrected chi connectivity index (χ3v) is 6.64. The molecule has 0 aromatic heterocycles. The second kappa shape index (κ2) is 8.22. The molecule has 1 fully saturated rings. The van der Waals surface area contributed by atoms with E-state index in [-0.39, 0.29) is 22.8 Å². The smallest absolute Gasteiger partial charge is 0.308 e. The monoisotopic (exact) mass is 516 g/mol. The molecule has 192 valence electrons. The van der Waals surface area contributed by atoms with Crippen molar-refractivity contribution >= 4 is 40.4 Å². The predicted molar refractivity (Wildman–Crippen MR) is 129 cm³/mol. The molecule has 3 aliphatic rings. The standard InChI is InChI=1S/C28H20O10/c1-10(29)34-17-7-5-14-16-9-19(36-12(3)31)23-24(27-28(38-27)25(33)26(23)37-13(4)32)21(16)15-6-8-18(35-11(2)30)22(17)20(14)15/h5-9,26-28H,1-4H3/t26-,27+,28-/m0/s1. The van der Waals surface area contributed by atoms with Gasteiger partial charge in [-0.25, -0.2) is 0 Å². The molecule has 10 heteroatoms. The lowest BCUT2D eigenvalue weighted by Gasteiger charge is -2.26. The van der Waals surface area contributed by atoms with E-state index in [0.717, 1.165) is 0 Å². The summed E-state index contributed by atoms with van der Waals surface area (Å²) in [6, 6.07) is 8.32. The zero-order valence-corrected chi connectivity index (χ0v) is 20.7. The van der Waals surface area contributed by atoms with Gasteiger partial charge in [0.25, 0.3) is 0 Å². The molecule has 0 bridgehead atoms. The first kappa shape index (κ1) is 23.8. The summed E-state index contributed by atoms with van der Waals surface area (Å²) in [7, 11) is 0. The van der Waals surface area contributed by atoms with E-state index in [2.05, 4.69) is 0 Å². The molecular formula is C28H20O10. The molecule has 38 heavy (non-hydrogen) atoms. The summed E-state index contributed by atoms with van der Waals surface area (Å²) >= 11 is 0. The highest BCUT2D eigenvalue weighted by molar-refractivity contribution is 6.20. The molecule has 3 atom stereocenters. The fourth-order valence-corrected chi connectivity index (χ4v) is 5.47. The maximum absolute atomic E-state index is 13.1. The predicted octanol–water partition coefficient (Wildman–Crippen LogP) is 3.89. The Labute approximate surface area is 215 Å². The number of benzene rings is 3. The summed E-state index contributed by atoms with van der Waals surface area (Å²) in [4.78, 5) is 60.8. The first-order chi connectivity index (χ1) is 18.1. The lowest BCUT2D eigenvalue weighted by Crippen LogP contribution is -2.29. The molecule has 0 spiro atoms. The van der Waals surface area contributed by atoms with Gasteiger partial charge in [-0.2, -0.15) is 0 Å². The fourth-order valence-electron chi connectivity index (χ4n) is 5.47. The van der Waals surface area contributed by atoms with Crippen molar-refractivity contribution in [3.63, 3.8) is 0 Å².